The number of carbonyl (C=O) groups is 1. The summed E-state index contributed by atoms with van der Waals surface area (Å²) in [6, 6.07) is 19.5. The lowest BCUT2D eigenvalue weighted by atomic mass is 9.97. The smallest absolute Gasteiger partial charge is 0.251 e. The fourth-order valence-electron chi connectivity index (χ4n) is 2.65. The van der Waals surface area contributed by atoms with Crippen molar-refractivity contribution >= 4 is 12.0 Å². The average molecular weight is 369 g/mol. The largest absolute Gasteiger partial charge is 0.390 e. The number of hydrogen-bond donors (Lipinski definition) is 1. The second-order valence-corrected chi connectivity index (χ2v) is 6.24. The van der Waals surface area contributed by atoms with E-state index < -0.39 is 12.0 Å². The molecule has 2 atom stereocenters. The molecule has 0 aromatic heterocycles. The first-order chi connectivity index (χ1) is 13.1. The maximum atomic E-state index is 12.5. The van der Waals surface area contributed by atoms with Crippen molar-refractivity contribution in [3.05, 3.63) is 77.9 Å². The minimum Gasteiger partial charge on any atom is -0.390 e. The van der Waals surface area contributed by atoms with Crippen LogP contribution >= 0.6 is 0 Å². The molecule has 0 radical (unpaired) electrons. The summed E-state index contributed by atoms with van der Waals surface area (Å²) in [7, 11) is 2.96. The Balaban J connectivity index is 1.95. The van der Waals surface area contributed by atoms with Crippen LogP contribution in [-0.4, -0.2) is 42.9 Å². The quantitative estimate of drug-likeness (QED) is 0.653. The van der Waals surface area contributed by atoms with Gasteiger partial charge >= 0.3 is 0 Å². The zero-order valence-corrected chi connectivity index (χ0v) is 15.8. The van der Waals surface area contributed by atoms with E-state index in [0.29, 0.717) is 13.0 Å². The maximum Gasteiger partial charge on any atom is 0.251 e. The zero-order chi connectivity index (χ0) is 19.5. The van der Waals surface area contributed by atoms with E-state index >= 15 is 0 Å². The van der Waals surface area contributed by atoms with Gasteiger partial charge in [-0.1, -0.05) is 72.8 Å². The van der Waals surface area contributed by atoms with Crippen LogP contribution in [0.4, 0.5) is 0 Å². The second kappa shape index (κ2) is 11.3. The Kier molecular flexibility index (Phi) is 8.71. The van der Waals surface area contributed by atoms with E-state index in [0.717, 1.165) is 16.2 Å². The van der Waals surface area contributed by atoms with Gasteiger partial charge in [-0.05, 0) is 17.5 Å². The van der Waals surface area contributed by atoms with Gasteiger partial charge in [0.15, 0.2) is 0 Å². The topological polar surface area (TPSA) is 59.0 Å². The number of aliphatic hydroxyl groups is 1. The molecule has 0 fully saturated rings. The number of allylic oxidation sites excluding steroid dienone is 1. The van der Waals surface area contributed by atoms with Gasteiger partial charge in [0.2, 0.25) is 0 Å². The average Bonchev–Trinajstić information content (AvgIpc) is 2.71. The molecule has 0 unspecified atom stereocenters. The standard InChI is InChI=1S/C22H27NO4/c1-23(26-2)22(25)20(15-9-14-18-10-5-3-6-11-18)21(24)17-27-16-19-12-7-4-8-13-19/h3-14,20-21,24H,15-17H2,1-2H3/b14-9+/t20-,21+/m0/s1. The number of benzene rings is 2. The molecule has 1 amide bonds. The lowest BCUT2D eigenvalue weighted by Crippen LogP contribution is -2.40. The number of nitrogens with zero attached hydrogens (tertiary/aromatic N) is 1. The van der Waals surface area contributed by atoms with E-state index in [1.165, 1.54) is 14.2 Å². The molecule has 0 saturated carbocycles. The lowest BCUT2D eigenvalue weighted by molar-refractivity contribution is -0.178. The van der Waals surface area contributed by atoms with Crippen molar-refractivity contribution < 1.29 is 19.5 Å². The second-order valence-electron chi connectivity index (χ2n) is 6.24. The molecule has 5 heteroatoms. The predicted octanol–water partition coefficient (Wildman–Crippen LogP) is 3.30. The van der Waals surface area contributed by atoms with E-state index in [-0.39, 0.29) is 12.5 Å². The van der Waals surface area contributed by atoms with Crippen molar-refractivity contribution in [2.45, 2.75) is 19.1 Å². The molecular weight excluding hydrogens is 342 g/mol. The number of rotatable bonds is 10. The minimum atomic E-state index is -0.931. The van der Waals surface area contributed by atoms with Crippen molar-refractivity contribution in [2.24, 2.45) is 5.92 Å². The highest BCUT2D eigenvalue weighted by Crippen LogP contribution is 2.16. The summed E-state index contributed by atoms with van der Waals surface area (Å²) in [5, 5.41) is 11.7. The van der Waals surface area contributed by atoms with Crippen molar-refractivity contribution in [1.82, 2.24) is 5.06 Å². The molecule has 2 aromatic carbocycles. The monoisotopic (exact) mass is 369 g/mol. The fourth-order valence-corrected chi connectivity index (χ4v) is 2.65. The van der Waals surface area contributed by atoms with Crippen LogP contribution in [0.3, 0.4) is 0 Å². The highest BCUT2D eigenvalue weighted by atomic mass is 16.7. The van der Waals surface area contributed by atoms with Gasteiger partial charge in [0.1, 0.15) is 0 Å². The molecule has 0 aliphatic rings. The summed E-state index contributed by atoms with van der Waals surface area (Å²) in [4.78, 5) is 17.5. The van der Waals surface area contributed by atoms with Gasteiger partial charge in [0.25, 0.3) is 5.91 Å². The van der Waals surface area contributed by atoms with Gasteiger partial charge < -0.3 is 9.84 Å². The van der Waals surface area contributed by atoms with Gasteiger partial charge in [0, 0.05) is 7.05 Å². The molecule has 0 aliphatic heterocycles. The molecular formula is C22H27NO4. The number of amides is 1. The Morgan fingerprint density at radius 3 is 2.37 bits per heavy atom. The van der Waals surface area contributed by atoms with Gasteiger partial charge in [-0.2, -0.15) is 0 Å². The first-order valence-corrected chi connectivity index (χ1v) is 8.94. The SMILES string of the molecule is CON(C)C(=O)[C@@H](C/C=C/c1ccccc1)[C@H](O)COCc1ccccc1. The third kappa shape index (κ3) is 6.98. The van der Waals surface area contributed by atoms with Crippen LogP contribution in [0.1, 0.15) is 17.5 Å². The molecule has 0 aliphatic carbocycles. The Labute approximate surface area is 160 Å². The Morgan fingerprint density at radius 1 is 1.11 bits per heavy atom. The third-order valence-corrected chi connectivity index (χ3v) is 4.27. The predicted molar refractivity (Wildman–Crippen MR) is 105 cm³/mol. The van der Waals surface area contributed by atoms with Crippen molar-refractivity contribution in [3.8, 4) is 0 Å². The van der Waals surface area contributed by atoms with Gasteiger partial charge in [-0.15, -0.1) is 0 Å². The molecule has 0 saturated heterocycles. The fraction of sp³-hybridized carbons (Fsp3) is 0.318. The molecule has 2 aromatic rings. The summed E-state index contributed by atoms with van der Waals surface area (Å²) in [6.45, 7) is 0.459. The van der Waals surface area contributed by atoms with Crippen LogP contribution in [0.25, 0.3) is 6.08 Å². The number of carbonyl (C=O) groups excluding carboxylic acids is 1. The summed E-state index contributed by atoms with van der Waals surface area (Å²) >= 11 is 0. The van der Waals surface area contributed by atoms with Crippen LogP contribution < -0.4 is 0 Å². The minimum absolute atomic E-state index is 0.0715. The number of aliphatic hydroxyl groups excluding tert-OH is 1. The Hall–Kier alpha value is -2.47. The van der Waals surface area contributed by atoms with E-state index in [9.17, 15) is 9.90 Å². The van der Waals surface area contributed by atoms with E-state index in [4.69, 9.17) is 9.57 Å². The van der Waals surface area contributed by atoms with Crippen LogP contribution in [0.5, 0.6) is 0 Å². The summed E-state index contributed by atoms with van der Waals surface area (Å²) < 4.78 is 5.60. The highest BCUT2D eigenvalue weighted by Gasteiger charge is 2.28. The van der Waals surface area contributed by atoms with Crippen molar-refractivity contribution in [1.29, 1.82) is 0 Å². The van der Waals surface area contributed by atoms with Gasteiger partial charge in [-0.3, -0.25) is 9.63 Å². The lowest BCUT2D eigenvalue weighted by Gasteiger charge is -2.25. The maximum absolute atomic E-state index is 12.5. The number of hydrogen-bond acceptors (Lipinski definition) is 4. The third-order valence-electron chi connectivity index (χ3n) is 4.27. The van der Waals surface area contributed by atoms with Crippen LogP contribution in [0.15, 0.2) is 66.7 Å². The molecule has 27 heavy (non-hydrogen) atoms. The van der Waals surface area contributed by atoms with Gasteiger partial charge in [-0.25, -0.2) is 5.06 Å². The first-order valence-electron chi connectivity index (χ1n) is 8.94. The Morgan fingerprint density at radius 2 is 1.74 bits per heavy atom. The van der Waals surface area contributed by atoms with Crippen LogP contribution in [0, 0.1) is 5.92 Å². The zero-order valence-electron chi connectivity index (χ0n) is 15.8. The molecule has 144 valence electrons. The number of ether oxygens (including phenoxy) is 1. The summed E-state index contributed by atoms with van der Waals surface area (Å²) in [5.74, 6) is -0.934. The molecule has 0 bridgehead atoms. The number of hydroxylamine groups is 2. The molecule has 0 heterocycles. The van der Waals surface area contributed by atoms with Gasteiger partial charge in [0.05, 0.1) is 32.3 Å². The van der Waals surface area contributed by atoms with Crippen molar-refractivity contribution in [3.63, 3.8) is 0 Å². The molecule has 0 spiro atoms. The van der Waals surface area contributed by atoms with Crippen LogP contribution in [0.2, 0.25) is 0 Å². The summed E-state index contributed by atoms with van der Waals surface area (Å²) in [6.07, 6.45) is 3.28. The summed E-state index contributed by atoms with van der Waals surface area (Å²) in [5.41, 5.74) is 2.06. The van der Waals surface area contributed by atoms with E-state index in [2.05, 4.69) is 0 Å². The highest BCUT2D eigenvalue weighted by molar-refractivity contribution is 5.78. The molecule has 1 N–H and O–H groups in total. The molecule has 5 nitrogen and oxygen atoms in total. The van der Waals surface area contributed by atoms with Crippen molar-refractivity contribution in [2.75, 3.05) is 20.8 Å². The Bertz CT molecular complexity index is 703. The first kappa shape index (κ1) is 20.8. The molecule has 2 rings (SSSR count). The van der Waals surface area contributed by atoms with E-state index in [1.54, 1.807) is 0 Å². The van der Waals surface area contributed by atoms with E-state index in [1.807, 2.05) is 72.8 Å². The normalized spacial score (nSPS) is 13.4. The van der Waals surface area contributed by atoms with Crippen LogP contribution in [-0.2, 0) is 21.0 Å².